The molecular weight excluding hydrogens is 414 g/mol. The molecule has 1 unspecified atom stereocenters. The van der Waals surface area contributed by atoms with Crippen molar-refractivity contribution in [2.45, 2.75) is 31.4 Å². The number of benzene rings is 2. The number of amides is 1. The standard InChI is InChI=1S/C23H27N3O4S/c1-4-5-11-30-19-10-9-17(13-20(19)29-3)15-24-26-23-25-22(27)21(31-23)14-16-7-6-8-18(12-16)28-2/h6-10,12-13,15,21H,4-5,11,14H2,1-3H3,(H,25,26,27)/b24-15+. The van der Waals surface area contributed by atoms with Gasteiger partial charge in [0.25, 0.3) is 0 Å². The van der Waals surface area contributed by atoms with Gasteiger partial charge in [-0.1, -0.05) is 37.2 Å². The Bertz CT molecular complexity index is 962. The maximum atomic E-state index is 12.3. The maximum absolute atomic E-state index is 12.3. The van der Waals surface area contributed by atoms with Gasteiger partial charge in [0, 0.05) is 0 Å². The summed E-state index contributed by atoms with van der Waals surface area (Å²) >= 11 is 1.37. The number of unbranched alkanes of at least 4 members (excludes halogenated alkanes) is 1. The van der Waals surface area contributed by atoms with Gasteiger partial charge < -0.3 is 19.5 Å². The fourth-order valence-electron chi connectivity index (χ4n) is 2.96. The van der Waals surface area contributed by atoms with Crippen molar-refractivity contribution in [3.63, 3.8) is 0 Å². The first-order valence-electron chi connectivity index (χ1n) is 10.1. The monoisotopic (exact) mass is 441 g/mol. The topological polar surface area (TPSA) is 81.5 Å². The lowest BCUT2D eigenvalue weighted by Crippen LogP contribution is -2.25. The molecule has 2 aromatic rings. The Morgan fingerprint density at radius 2 is 2.00 bits per heavy atom. The molecule has 31 heavy (non-hydrogen) atoms. The fourth-order valence-corrected chi connectivity index (χ4v) is 3.92. The second-order valence-corrected chi connectivity index (χ2v) is 8.10. The van der Waals surface area contributed by atoms with E-state index in [0.29, 0.717) is 29.7 Å². The summed E-state index contributed by atoms with van der Waals surface area (Å²) in [6.45, 7) is 2.77. The summed E-state index contributed by atoms with van der Waals surface area (Å²) < 4.78 is 16.4. The summed E-state index contributed by atoms with van der Waals surface area (Å²) in [6.07, 6.45) is 4.27. The van der Waals surface area contributed by atoms with Crippen LogP contribution in [0.4, 0.5) is 0 Å². The van der Waals surface area contributed by atoms with Crippen molar-refractivity contribution in [1.29, 1.82) is 0 Å². The minimum atomic E-state index is -0.249. The van der Waals surface area contributed by atoms with Crippen LogP contribution in [0.2, 0.25) is 0 Å². The van der Waals surface area contributed by atoms with E-state index in [1.165, 1.54) is 11.8 Å². The number of methoxy groups -OCH3 is 2. The molecule has 7 nitrogen and oxygen atoms in total. The Morgan fingerprint density at radius 1 is 1.13 bits per heavy atom. The maximum Gasteiger partial charge on any atom is 0.239 e. The van der Waals surface area contributed by atoms with Crippen molar-refractivity contribution >= 4 is 29.1 Å². The molecule has 1 saturated heterocycles. The zero-order valence-electron chi connectivity index (χ0n) is 18.0. The highest BCUT2D eigenvalue weighted by Crippen LogP contribution is 2.28. The lowest BCUT2D eigenvalue weighted by atomic mass is 10.1. The highest BCUT2D eigenvalue weighted by atomic mass is 32.2. The van der Waals surface area contributed by atoms with Gasteiger partial charge in [0.05, 0.1) is 32.3 Å². The summed E-state index contributed by atoms with van der Waals surface area (Å²) in [6, 6.07) is 13.3. The SMILES string of the molecule is CCCCOc1ccc(/C=N/N=C2/NC(=O)C(Cc3cccc(OC)c3)S2)cc1OC. The number of nitrogens with one attached hydrogen (secondary N) is 1. The second-order valence-electron chi connectivity index (χ2n) is 6.91. The van der Waals surface area contributed by atoms with Crippen molar-refractivity contribution in [1.82, 2.24) is 5.32 Å². The first-order chi connectivity index (χ1) is 15.1. The van der Waals surface area contributed by atoms with Crippen LogP contribution < -0.4 is 19.5 Å². The van der Waals surface area contributed by atoms with Crippen LogP contribution in [-0.4, -0.2) is 43.4 Å². The van der Waals surface area contributed by atoms with E-state index in [0.717, 1.165) is 29.7 Å². The Hall–Kier alpha value is -3.00. The van der Waals surface area contributed by atoms with Crippen LogP contribution in [0.25, 0.3) is 0 Å². The normalized spacial score (nSPS) is 17.2. The van der Waals surface area contributed by atoms with Gasteiger partial charge in [-0.2, -0.15) is 5.10 Å². The third-order valence-corrected chi connectivity index (χ3v) is 5.70. The molecule has 0 radical (unpaired) electrons. The van der Waals surface area contributed by atoms with Crippen LogP contribution in [0.1, 0.15) is 30.9 Å². The molecule has 2 aromatic carbocycles. The molecule has 3 rings (SSSR count). The Morgan fingerprint density at radius 3 is 2.77 bits per heavy atom. The van der Waals surface area contributed by atoms with Crippen LogP contribution in [0, 0.1) is 0 Å². The van der Waals surface area contributed by atoms with Crippen molar-refractivity contribution in [3.8, 4) is 17.2 Å². The summed E-state index contributed by atoms with van der Waals surface area (Å²) in [5.74, 6) is 2.06. The molecule has 1 heterocycles. The largest absolute Gasteiger partial charge is 0.497 e. The minimum Gasteiger partial charge on any atom is -0.497 e. The van der Waals surface area contributed by atoms with E-state index in [-0.39, 0.29) is 11.2 Å². The molecule has 0 bridgehead atoms. The number of amidine groups is 1. The van der Waals surface area contributed by atoms with Crippen LogP contribution in [-0.2, 0) is 11.2 Å². The highest BCUT2D eigenvalue weighted by Gasteiger charge is 2.30. The number of carbonyl (C=O) groups is 1. The number of carbonyl (C=O) groups excluding carboxylic acids is 1. The molecule has 1 atom stereocenters. The molecule has 1 amide bonds. The van der Waals surface area contributed by atoms with Gasteiger partial charge in [-0.05, 0) is 54.3 Å². The highest BCUT2D eigenvalue weighted by molar-refractivity contribution is 8.15. The third kappa shape index (κ3) is 6.49. The van der Waals surface area contributed by atoms with Crippen LogP contribution in [0.15, 0.2) is 52.7 Å². The molecule has 1 fully saturated rings. The molecule has 164 valence electrons. The predicted molar refractivity (Wildman–Crippen MR) is 125 cm³/mol. The van der Waals surface area contributed by atoms with E-state index < -0.39 is 0 Å². The fraction of sp³-hybridized carbons (Fsp3) is 0.348. The van der Waals surface area contributed by atoms with Crippen molar-refractivity contribution in [3.05, 3.63) is 53.6 Å². The summed E-state index contributed by atoms with van der Waals surface area (Å²) in [5.41, 5.74) is 1.86. The molecule has 8 heteroatoms. The quantitative estimate of drug-likeness (QED) is 0.342. The van der Waals surface area contributed by atoms with Crippen molar-refractivity contribution in [2.75, 3.05) is 20.8 Å². The lowest BCUT2D eigenvalue weighted by molar-refractivity contribution is -0.118. The molecular formula is C23H27N3O4S. The van der Waals surface area contributed by atoms with Gasteiger partial charge >= 0.3 is 0 Å². The van der Waals surface area contributed by atoms with Crippen molar-refractivity contribution < 1.29 is 19.0 Å². The van der Waals surface area contributed by atoms with Gasteiger partial charge in [-0.25, -0.2) is 0 Å². The number of ether oxygens (including phenoxy) is 3. The summed E-state index contributed by atoms with van der Waals surface area (Å²) in [7, 11) is 3.23. The molecule has 0 aromatic heterocycles. The second kappa shape index (κ2) is 11.4. The van der Waals surface area contributed by atoms with E-state index in [1.54, 1.807) is 20.4 Å². The van der Waals surface area contributed by atoms with Gasteiger partial charge in [-0.15, -0.1) is 5.10 Å². The Balaban J connectivity index is 1.60. The molecule has 0 aliphatic carbocycles. The Kier molecular flexibility index (Phi) is 8.35. The first kappa shape index (κ1) is 22.7. The molecule has 1 aliphatic rings. The van der Waals surface area contributed by atoms with E-state index in [9.17, 15) is 4.79 Å². The third-order valence-electron chi connectivity index (χ3n) is 4.63. The summed E-state index contributed by atoms with van der Waals surface area (Å²) in [5, 5.41) is 11.3. The molecule has 0 spiro atoms. The molecule has 1 aliphatic heterocycles. The zero-order valence-corrected chi connectivity index (χ0v) is 18.8. The predicted octanol–water partition coefficient (Wildman–Crippen LogP) is 4.05. The number of nitrogens with zero attached hydrogens (tertiary/aromatic N) is 2. The zero-order chi connectivity index (χ0) is 22.1. The number of thioether (sulfide) groups is 1. The number of rotatable bonds is 10. The number of hydrogen-bond donors (Lipinski definition) is 1. The Labute approximate surface area is 186 Å². The van der Waals surface area contributed by atoms with Crippen LogP contribution in [0.3, 0.4) is 0 Å². The summed E-state index contributed by atoms with van der Waals surface area (Å²) in [4.78, 5) is 12.3. The smallest absolute Gasteiger partial charge is 0.239 e. The first-order valence-corrected chi connectivity index (χ1v) is 11.0. The number of hydrogen-bond acceptors (Lipinski definition) is 7. The lowest BCUT2D eigenvalue weighted by Gasteiger charge is -2.10. The van der Waals surface area contributed by atoms with Gasteiger partial charge in [0.1, 0.15) is 5.75 Å². The average molecular weight is 442 g/mol. The van der Waals surface area contributed by atoms with Gasteiger partial charge in [0.2, 0.25) is 5.91 Å². The van der Waals surface area contributed by atoms with Crippen molar-refractivity contribution in [2.24, 2.45) is 10.2 Å². The van der Waals surface area contributed by atoms with E-state index in [2.05, 4.69) is 22.4 Å². The van der Waals surface area contributed by atoms with Gasteiger partial charge in [-0.3, -0.25) is 4.79 Å². The van der Waals surface area contributed by atoms with Crippen LogP contribution in [0.5, 0.6) is 17.2 Å². The average Bonchev–Trinajstić information content (AvgIpc) is 3.13. The van der Waals surface area contributed by atoms with Crippen LogP contribution >= 0.6 is 11.8 Å². The molecule has 1 N–H and O–H groups in total. The van der Waals surface area contributed by atoms with E-state index in [4.69, 9.17) is 14.2 Å². The molecule has 0 saturated carbocycles. The van der Waals surface area contributed by atoms with Gasteiger partial charge in [0.15, 0.2) is 16.7 Å². The van der Waals surface area contributed by atoms with E-state index >= 15 is 0 Å². The minimum absolute atomic E-state index is 0.0722. The van der Waals surface area contributed by atoms with E-state index in [1.807, 2.05) is 42.5 Å².